The lowest BCUT2D eigenvalue weighted by molar-refractivity contribution is 0.102. The van der Waals surface area contributed by atoms with Crippen LogP contribution in [0.1, 0.15) is 23.0 Å². The van der Waals surface area contributed by atoms with Crippen LogP contribution in [0.4, 0.5) is 17.3 Å². The summed E-state index contributed by atoms with van der Waals surface area (Å²) in [4.78, 5) is 20.7. The molecule has 0 atom stereocenters. The number of benzene rings is 3. The lowest BCUT2D eigenvalue weighted by atomic mass is 10.2. The van der Waals surface area contributed by atoms with Crippen LogP contribution in [0.5, 0.6) is 0 Å². The van der Waals surface area contributed by atoms with Gasteiger partial charge in [-0.3, -0.25) is 9.10 Å². The van der Waals surface area contributed by atoms with Crippen LogP contribution in [0.25, 0.3) is 0 Å². The molecule has 1 amide bonds. The van der Waals surface area contributed by atoms with Crippen LogP contribution < -0.4 is 14.3 Å². The molecule has 2 N–H and O–H groups in total. The summed E-state index contributed by atoms with van der Waals surface area (Å²) in [7, 11) is -7.74. The summed E-state index contributed by atoms with van der Waals surface area (Å²) in [5, 5.41) is 2.67. The molecule has 0 unspecified atom stereocenters. The molecule has 0 bridgehead atoms. The highest BCUT2D eigenvalue weighted by Gasteiger charge is 2.24. The molecule has 0 radical (unpaired) electrons. The lowest BCUT2D eigenvalue weighted by Gasteiger charge is -2.23. The van der Waals surface area contributed by atoms with Gasteiger partial charge >= 0.3 is 0 Å². The van der Waals surface area contributed by atoms with E-state index in [9.17, 15) is 21.6 Å². The van der Waals surface area contributed by atoms with Crippen molar-refractivity contribution < 1.29 is 21.6 Å². The van der Waals surface area contributed by atoms with Gasteiger partial charge in [0.05, 0.1) is 15.5 Å². The molecule has 0 aliphatic carbocycles. The number of nitrogens with zero attached hydrogens (tertiary/aromatic N) is 3. The van der Waals surface area contributed by atoms with E-state index >= 15 is 0 Å². The van der Waals surface area contributed by atoms with Gasteiger partial charge in [0, 0.05) is 29.7 Å². The smallest absolute Gasteiger partial charge is 0.264 e. The zero-order valence-electron chi connectivity index (χ0n) is 20.6. The summed E-state index contributed by atoms with van der Waals surface area (Å²) < 4.78 is 55.1. The van der Waals surface area contributed by atoms with Gasteiger partial charge in [-0.05, 0) is 80.6 Å². The number of amides is 1. The molecule has 4 rings (SSSR count). The maximum Gasteiger partial charge on any atom is 0.264 e. The van der Waals surface area contributed by atoms with Gasteiger partial charge in [-0.25, -0.2) is 31.5 Å². The van der Waals surface area contributed by atoms with Gasteiger partial charge in [0.25, 0.3) is 26.0 Å². The van der Waals surface area contributed by atoms with E-state index in [-0.39, 0.29) is 27.8 Å². The maximum absolute atomic E-state index is 13.1. The van der Waals surface area contributed by atoms with E-state index in [1.54, 1.807) is 50.2 Å². The topological polar surface area (TPSA) is 138 Å². The first kappa shape index (κ1) is 26.8. The first-order valence-corrected chi connectivity index (χ1v) is 14.4. The second kappa shape index (κ2) is 11.0. The number of carbonyl (C=O) groups excluding carboxylic acids is 1. The van der Waals surface area contributed by atoms with E-state index in [1.807, 2.05) is 0 Å². The zero-order valence-corrected chi connectivity index (χ0v) is 22.2. The number of hydrogen-bond acceptors (Lipinski definition) is 7. The van der Waals surface area contributed by atoms with Crippen molar-refractivity contribution in [2.75, 3.05) is 20.9 Å². The largest absolute Gasteiger partial charge is 0.322 e. The van der Waals surface area contributed by atoms with E-state index in [2.05, 4.69) is 20.0 Å². The normalized spacial score (nSPS) is 11.5. The standard InChI is InChI=1S/C26H25N5O5S2/c1-3-31(22-7-5-4-6-8-22)38(35,36)24-13-9-20(10-14-24)25(32)29-21-11-15-23(16-12-21)37(33,34)30-26-27-18-17-19(2)28-26/h4-18H,3H2,1-2H3,(H,29,32)(H,27,28,30). The highest BCUT2D eigenvalue weighted by Crippen LogP contribution is 2.24. The van der Waals surface area contributed by atoms with Gasteiger partial charge < -0.3 is 5.32 Å². The fraction of sp³-hybridized carbons (Fsp3) is 0.115. The summed E-state index contributed by atoms with van der Waals surface area (Å²) in [6, 6.07) is 21.6. The Labute approximate surface area is 221 Å². The number of anilines is 3. The summed E-state index contributed by atoms with van der Waals surface area (Å²) in [6.45, 7) is 3.71. The van der Waals surface area contributed by atoms with Crippen LogP contribution in [0.15, 0.2) is 101 Å². The molecule has 0 aliphatic rings. The Morgan fingerprint density at radius 1 is 0.842 bits per heavy atom. The Hall–Kier alpha value is -4.29. The summed E-state index contributed by atoms with van der Waals surface area (Å²) in [5.41, 5.74) is 1.75. The number of sulfonamides is 2. The van der Waals surface area contributed by atoms with Crippen molar-refractivity contribution in [3.63, 3.8) is 0 Å². The molecule has 3 aromatic carbocycles. The minimum atomic E-state index is -3.92. The molecular formula is C26H25N5O5S2. The molecular weight excluding hydrogens is 526 g/mol. The van der Waals surface area contributed by atoms with E-state index in [1.165, 1.54) is 59.0 Å². The number of hydrogen-bond donors (Lipinski definition) is 2. The molecule has 1 heterocycles. The third-order valence-corrected chi connectivity index (χ3v) is 8.74. The molecule has 0 spiro atoms. The van der Waals surface area contributed by atoms with Crippen molar-refractivity contribution in [1.82, 2.24) is 9.97 Å². The summed E-state index contributed by atoms with van der Waals surface area (Å²) in [5.74, 6) is -0.523. The predicted molar refractivity (Wildman–Crippen MR) is 145 cm³/mol. The molecule has 4 aromatic rings. The van der Waals surface area contributed by atoms with Gasteiger partial charge in [-0.1, -0.05) is 18.2 Å². The number of rotatable bonds is 9. The summed E-state index contributed by atoms with van der Waals surface area (Å²) in [6.07, 6.45) is 1.45. The van der Waals surface area contributed by atoms with Crippen molar-refractivity contribution in [2.45, 2.75) is 23.6 Å². The van der Waals surface area contributed by atoms with Crippen LogP contribution in [0.3, 0.4) is 0 Å². The van der Waals surface area contributed by atoms with E-state index < -0.39 is 26.0 Å². The molecule has 1 aromatic heterocycles. The SMILES string of the molecule is CCN(c1ccccc1)S(=O)(=O)c1ccc(C(=O)Nc2ccc(S(=O)(=O)Nc3nccc(C)n3)cc2)cc1. The van der Waals surface area contributed by atoms with Crippen molar-refractivity contribution in [3.8, 4) is 0 Å². The van der Waals surface area contributed by atoms with E-state index in [4.69, 9.17) is 0 Å². The number of carbonyl (C=O) groups is 1. The van der Waals surface area contributed by atoms with Crippen LogP contribution in [-0.2, 0) is 20.0 Å². The summed E-state index contributed by atoms with van der Waals surface area (Å²) >= 11 is 0. The first-order chi connectivity index (χ1) is 18.1. The first-order valence-electron chi connectivity index (χ1n) is 11.5. The Balaban J connectivity index is 1.45. The molecule has 38 heavy (non-hydrogen) atoms. The van der Waals surface area contributed by atoms with Crippen molar-refractivity contribution in [3.05, 3.63) is 102 Å². The molecule has 196 valence electrons. The van der Waals surface area contributed by atoms with Crippen LogP contribution in [0.2, 0.25) is 0 Å². The van der Waals surface area contributed by atoms with Crippen molar-refractivity contribution in [1.29, 1.82) is 0 Å². The fourth-order valence-electron chi connectivity index (χ4n) is 3.59. The monoisotopic (exact) mass is 551 g/mol. The average molecular weight is 552 g/mol. The molecule has 0 aliphatic heterocycles. The number of nitrogens with one attached hydrogen (secondary N) is 2. The number of aryl methyl sites for hydroxylation is 1. The molecule has 10 nitrogen and oxygen atoms in total. The predicted octanol–water partition coefficient (Wildman–Crippen LogP) is 4.05. The quantitative estimate of drug-likeness (QED) is 0.320. The van der Waals surface area contributed by atoms with Gasteiger partial charge in [0.1, 0.15) is 0 Å². The fourth-order valence-corrected chi connectivity index (χ4v) is 6.01. The Morgan fingerprint density at radius 2 is 1.47 bits per heavy atom. The Kier molecular flexibility index (Phi) is 7.74. The molecule has 12 heteroatoms. The van der Waals surface area contributed by atoms with E-state index in [0.29, 0.717) is 17.1 Å². The molecule has 0 saturated carbocycles. The third-order valence-electron chi connectivity index (χ3n) is 5.48. The van der Waals surface area contributed by atoms with Crippen molar-refractivity contribution >= 4 is 43.3 Å². The second-order valence-electron chi connectivity index (χ2n) is 8.14. The van der Waals surface area contributed by atoms with E-state index in [0.717, 1.165) is 0 Å². The molecule has 0 fully saturated rings. The van der Waals surface area contributed by atoms with Crippen LogP contribution in [0, 0.1) is 6.92 Å². The molecule has 0 saturated heterocycles. The Morgan fingerprint density at radius 3 is 2.08 bits per heavy atom. The number of aromatic nitrogens is 2. The van der Waals surface area contributed by atoms with Gasteiger partial charge in [0.2, 0.25) is 5.95 Å². The van der Waals surface area contributed by atoms with Gasteiger partial charge in [0.15, 0.2) is 0 Å². The third kappa shape index (κ3) is 5.98. The van der Waals surface area contributed by atoms with Gasteiger partial charge in [-0.15, -0.1) is 0 Å². The maximum atomic E-state index is 13.1. The van der Waals surface area contributed by atoms with Crippen LogP contribution >= 0.6 is 0 Å². The number of para-hydroxylation sites is 1. The highest BCUT2D eigenvalue weighted by atomic mass is 32.2. The minimum absolute atomic E-state index is 0.0333. The van der Waals surface area contributed by atoms with Gasteiger partial charge in [-0.2, -0.15) is 0 Å². The Bertz CT molecular complexity index is 1640. The average Bonchev–Trinajstić information content (AvgIpc) is 2.90. The van der Waals surface area contributed by atoms with Crippen molar-refractivity contribution in [2.24, 2.45) is 0 Å². The van der Waals surface area contributed by atoms with Crippen LogP contribution in [-0.4, -0.2) is 39.3 Å². The lowest BCUT2D eigenvalue weighted by Crippen LogP contribution is -2.30. The zero-order chi connectivity index (χ0) is 27.3. The highest BCUT2D eigenvalue weighted by molar-refractivity contribution is 7.93. The second-order valence-corrected chi connectivity index (χ2v) is 11.7. The minimum Gasteiger partial charge on any atom is -0.322 e.